The molecule has 1 aromatic rings. The predicted octanol–water partition coefficient (Wildman–Crippen LogP) is 1.55. The van der Waals surface area contributed by atoms with Gasteiger partial charge in [-0.1, -0.05) is 42.5 Å². The molecule has 0 bridgehead atoms. The molecule has 0 N–H and O–H groups in total. The highest BCUT2D eigenvalue weighted by Gasteiger charge is 2.30. The molecule has 4 rings (SSSR count). The summed E-state index contributed by atoms with van der Waals surface area (Å²) >= 11 is 0. The van der Waals surface area contributed by atoms with Crippen LogP contribution in [0.25, 0.3) is 11.8 Å². The van der Waals surface area contributed by atoms with Crippen molar-refractivity contribution in [3.8, 4) is 0 Å². The van der Waals surface area contributed by atoms with E-state index in [1.54, 1.807) is 5.57 Å². The van der Waals surface area contributed by atoms with Gasteiger partial charge in [0.1, 0.15) is 0 Å². The van der Waals surface area contributed by atoms with Gasteiger partial charge in [0.05, 0.1) is 6.04 Å². The molecular weight excluding hydrogens is 206 g/mol. The largest absolute Gasteiger partial charge is 0.366 e. The minimum absolute atomic E-state index is 0.517. The zero-order chi connectivity index (χ0) is 11.2. The van der Waals surface area contributed by atoms with Crippen LogP contribution in [-0.2, 0) is 0 Å². The third-order valence-corrected chi connectivity index (χ3v) is 4.02. The van der Waals surface area contributed by atoms with Gasteiger partial charge >= 0.3 is 0 Å². The molecule has 0 spiro atoms. The summed E-state index contributed by atoms with van der Waals surface area (Å²) in [5.41, 5.74) is 3.07. The number of fused-ring (bicyclic) bond motifs is 1. The molecule has 2 heterocycles. The Hall–Kier alpha value is -1.76. The number of hydrogen-bond donors (Lipinski definition) is 0. The number of rotatable bonds is 0. The second kappa shape index (κ2) is 3.36. The SMILES string of the molecule is C1=CC2=c3ccccc3=CN3CCCC(=C1)C23. The Morgan fingerprint density at radius 1 is 1.18 bits per heavy atom. The molecule has 17 heavy (non-hydrogen) atoms. The molecule has 2 aliphatic heterocycles. The van der Waals surface area contributed by atoms with Crippen molar-refractivity contribution in [3.63, 3.8) is 0 Å². The molecule has 1 unspecified atom stereocenters. The lowest BCUT2D eigenvalue weighted by Crippen LogP contribution is -2.48. The van der Waals surface area contributed by atoms with Gasteiger partial charge in [0, 0.05) is 12.7 Å². The molecule has 1 heteroatoms. The van der Waals surface area contributed by atoms with Crippen molar-refractivity contribution >= 4 is 11.8 Å². The van der Waals surface area contributed by atoms with Crippen molar-refractivity contribution in [2.45, 2.75) is 18.9 Å². The van der Waals surface area contributed by atoms with E-state index in [1.165, 1.54) is 35.4 Å². The summed E-state index contributed by atoms with van der Waals surface area (Å²) in [5.74, 6) is 0. The van der Waals surface area contributed by atoms with E-state index < -0.39 is 0 Å². The van der Waals surface area contributed by atoms with Gasteiger partial charge in [-0.25, -0.2) is 0 Å². The number of piperidine rings is 1. The van der Waals surface area contributed by atoms with E-state index in [1.807, 2.05) is 0 Å². The van der Waals surface area contributed by atoms with Gasteiger partial charge in [0.2, 0.25) is 0 Å². The Kier molecular flexibility index (Phi) is 1.84. The first-order chi connectivity index (χ1) is 8.43. The quantitative estimate of drug-likeness (QED) is 0.642. The molecular formula is C16H15N. The summed E-state index contributed by atoms with van der Waals surface area (Å²) in [5, 5.41) is 2.78. The average molecular weight is 221 g/mol. The third kappa shape index (κ3) is 1.25. The Morgan fingerprint density at radius 3 is 3.12 bits per heavy atom. The average Bonchev–Trinajstić information content (AvgIpc) is 2.39. The Balaban J connectivity index is 2.08. The van der Waals surface area contributed by atoms with E-state index in [-0.39, 0.29) is 0 Å². The highest BCUT2D eigenvalue weighted by Crippen LogP contribution is 2.32. The lowest BCUT2D eigenvalue weighted by Gasteiger charge is -2.41. The Labute approximate surface area is 101 Å². The van der Waals surface area contributed by atoms with Gasteiger partial charge in [-0.3, -0.25) is 0 Å². The summed E-state index contributed by atoms with van der Waals surface area (Å²) in [6.45, 7) is 1.19. The normalized spacial score (nSPS) is 24.7. The van der Waals surface area contributed by atoms with Crippen LogP contribution in [0, 0.1) is 0 Å². The lowest BCUT2D eigenvalue weighted by atomic mass is 9.84. The monoisotopic (exact) mass is 221 g/mol. The van der Waals surface area contributed by atoms with Crippen molar-refractivity contribution < 1.29 is 0 Å². The van der Waals surface area contributed by atoms with Gasteiger partial charge in [-0.05, 0) is 34.4 Å². The summed E-state index contributed by atoms with van der Waals surface area (Å²) in [6.07, 6.45) is 11.7. The standard InChI is InChI=1S/C16H15N/c1-2-8-14-13(5-1)11-17-10-4-7-12-6-3-9-15(14)16(12)17/h1-3,5-6,8-9,11,16H,4,7,10H2. The maximum Gasteiger partial charge on any atom is 0.0759 e. The van der Waals surface area contributed by atoms with Gasteiger partial charge in [0.15, 0.2) is 0 Å². The van der Waals surface area contributed by atoms with Crippen LogP contribution in [0.15, 0.2) is 48.1 Å². The van der Waals surface area contributed by atoms with Crippen molar-refractivity contribution in [2.75, 3.05) is 6.54 Å². The van der Waals surface area contributed by atoms with Crippen LogP contribution in [0.2, 0.25) is 0 Å². The maximum atomic E-state index is 2.51. The molecule has 3 aliphatic rings. The summed E-state index contributed by atoms with van der Waals surface area (Å²) in [6, 6.07) is 9.26. The van der Waals surface area contributed by atoms with Crippen molar-refractivity contribution in [3.05, 3.63) is 58.5 Å². The minimum Gasteiger partial charge on any atom is -0.366 e. The molecule has 0 saturated carbocycles. The van der Waals surface area contributed by atoms with Crippen LogP contribution < -0.4 is 10.4 Å². The fourth-order valence-electron chi connectivity index (χ4n) is 3.29. The smallest absolute Gasteiger partial charge is 0.0759 e. The van der Waals surface area contributed by atoms with E-state index in [0.29, 0.717) is 6.04 Å². The van der Waals surface area contributed by atoms with Crippen LogP contribution in [0.3, 0.4) is 0 Å². The van der Waals surface area contributed by atoms with Gasteiger partial charge in [-0.15, -0.1) is 0 Å². The summed E-state index contributed by atoms with van der Waals surface area (Å²) in [7, 11) is 0. The van der Waals surface area contributed by atoms with E-state index in [4.69, 9.17) is 0 Å². The molecule has 1 atom stereocenters. The van der Waals surface area contributed by atoms with Crippen LogP contribution in [0.4, 0.5) is 0 Å². The maximum absolute atomic E-state index is 2.51. The second-order valence-corrected chi connectivity index (χ2v) is 5.02. The Bertz CT molecular complexity index is 648. The zero-order valence-corrected chi connectivity index (χ0v) is 9.76. The van der Waals surface area contributed by atoms with Crippen LogP contribution >= 0.6 is 0 Å². The third-order valence-electron chi connectivity index (χ3n) is 4.02. The molecule has 0 radical (unpaired) electrons. The van der Waals surface area contributed by atoms with Crippen LogP contribution in [0.5, 0.6) is 0 Å². The molecule has 0 aromatic heterocycles. The Morgan fingerprint density at radius 2 is 2.12 bits per heavy atom. The number of allylic oxidation sites excluding steroid dienone is 2. The van der Waals surface area contributed by atoms with Gasteiger partial charge in [-0.2, -0.15) is 0 Å². The lowest BCUT2D eigenvalue weighted by molar-refractivity contribution is 0.337. The van der Waals surface area contributed by atoms with E-state index in [2.05, 4.69) is 53.6 Å². The van der Waals surface area contributed by atoms with E-state index >= 15 is 0 Å². The van der Waals surface area contributed by atoms with E-state index in [9.17, 15) is 0 Å². The first-order valence-corrected chi connectivity index (χ1v) is 6.37. The molecule has 1 aliphatic carbocycles. The van der Waals surface area contributed by atoms with Crippen molar-refractivity contribution in [2.24, 2.45) is 0 Å². The first-order valence-electron chi connectivity index (χ1n) is 6.37. The number of nitrogens with zero attached hydrogens (tertiary/aromatic N) is 1. The zero-order valence-electron chi connectivity index (χ0n) is 9.76. The topological polar surface area (TPSA) is 3.24 Å². The second-order valence-electron chi connectivity index (χ2n) is 5.02. The van der Waals surface area contributed by atoms with E-state index in [0.717, 1.165) is 0 Å². The molecule has 1 saturated heterocycles. The minimum atomic E-state index is 0.517. The fourth-order valence-corrected chi connectivity index (χ4v) is 3.29. The van der Waals surface area contributed by atoms with Crippen molar-refractivity contribution in [1.82, 2.24) is 4.90 Å². The van der Waals surface area contributed by atoms with Crippen LogP contribution in [-0.4, -0.2) is 17.5 Å². The van der Waals surface area contributed by atoms with Crippen molar-refractivity contribution in [1.29, 1.82) is 0 Å². The summed E-state index contributed by atoms with van der Waals surface area (Å²) in [4.78, 5) is 2.51. The summed E-state index contributed by atoms with van der Waals surface area (Å²) < 4.78 is 0. The fraction of sp³-hybridized carbons (Fsp3) is 0.250. The highest BCUT2D eigenvalue weighted by atomic mass is 15.2. The molecule has 1 aromatic carbocycles. The predicted molar refractivity (Wildman–Crippen MR) is 70.5 cm³/mol. The molecule has 0 amide bonds. The molecule has 1 nitrogen and oxygen atoms in total. The first kappa shape index (κ1) is 9.29. The highest BCUT2D eigenvalue weighted by molar-refractivity contribution is 5.71. The molecule has 84 valence electrons. The van der Waals surface area contributed by atoms with Crippen LogP contribution in [0.1, 0.15) is 12.8 Å². The van der Waals surface area contributed by atoms with Gasteiger partial charge < -0.3 is 4.90 Å². The molecule has 1 fully saturated rings. The number of benzene rings is 1. The van der Waals surface area contributed by atoms with Gasteiger partial charge in [0.25, 0.3) is 0 Å². The number of hydrogen-bond acceptors (Lipinski definition) is 1.